The van der Waals surface area contributed by atoms with Gasteiger partial charge in [0.25, 0.3) is 0 Å². The van der Waals surface area contributed by atoms with Gasteiger partial charge in [0.1, 0.15) is 0 Å². The summed E-state index contributed by atoms with van der Waals surface area (Å²) in [4.78, 5) is 23.3. The summed E-state index contributed by atoms with van der Waals surface area (Å²) in [5.74, 6) is -0.0772. The molecule has 1 aliphatic rings. The Balaban J connectivity index is 1.54. The van der Waals surface area contributed by atoms with E-state index in [2.05, 4.69) is 17.4 Å². The van der Waals surface area contributed by atoms with E-state index >= 15 is 0 Å². The first-order valence-electron chi connectivity index (χ1n) is 8.21. The highest BCUT2D eigenvalue weighted by Crippen LogP contribution is 2.43. The molecule has 124 valence electrons. The van der Waals surface area contributed by atoms with Crippen molar-refractivity contribution >= 4 is 17.6 Å². The molecule has 2 aromatic rings. The molecule has 1 aliphatic carbocycles. The third-order valence-electron chi connectivity index (χ3n) is 4.74. The van der Waals surface area contributed by atoms with Crippen LogP contribution in [0.25, 0.3) is 0 Å². The van der Waals surface area contributed by atoms with E-state index in [1.165, 1.54) is 11.6 Å². The van der Waals surface area contributed by atoms with Gasteiger partial charge in [-0.1, -0.05) is 36.4 Å². The minimum absolute atomic E-state index is 0.0443. The van der Waals surface area contributed by atoms with Crippen LogP contribution in [0.4, 0.5) is 5.69 Å². The highest BCUT2D eigenvalue weighted by molar-refractivity contribution is 5.94. The van der Waals surface area contributed by atoms with Crippen molar-refractivity contribution in [2.45, 2.75) is 32.1 Å². The van der Waals surface area contributed by atoms with Crippen LogP contribution in [0.3, 0.4) is 0 Å². The van der Waals surface area contributed by atoms with Gasteiger partial charge in [0.05, 0.1) is 5.56 Å². The van der Waals surface area contributed by atoms with E-state index in [-0.39, 0.29) is 11.5 Å². The largest absolute Gasteiger partial charge is 0.478 e. The molecule has 0 unspecified atom stereocenters. The number of hydrogen-bond donors (Lipinski definition) is 2. The van der Waals surface area contributed by atoms with Crippen LogP contribution >= 0.6 is 0 Å². The van der Waals surface area contributed by atoms with Crippen molar-refractivity contribution in [1.29, 1.82) is 0 Å². The lowest BCUT2D eigenvalue weighted by Gasteiger charge is -2.35. The van der Waals surface area contributed by atoms with Gasteiger partial charge in [-0.05, 0) is 54.9 Å². The predicted octanol–water partition coefficient (Wildman–Crippen LogP) is 4.22. The van der Waals surface area contributed by atoms with Gasteiger partial charge in [-0.2, -0.15) is 0 Å². The van der Waals surface area contributed by atoms with E-state index in [0.29, 0.717) is 23.9 Å². The van der Waals surface area contributed by atoms with Crippen LogP contribution in [0.2, 0.25) is 0 Å². The summed E-state index contributed by atoms with van der Waals surface area (Å²) in [6.45, 7) is 1.86. The van der Waals surface area contributed by atoms with Crippen LogP contribution in [0.15, 0.2) is 48.5 Å². The highest BCUT2D eigenvalue weighted by atomic mass is 16.4. The molecule has 0 radical (unpaired) electrons. The van der Waals surface area contributed by atoms with Crippen molar-refractivity contribution < 1.29 is 14.7 Å². The van der Waals surface area contributed by atoms with E-state index in [9.17, 15) is 9.59 Å². The number of nitrogens with one attached hydrogen (secondary N) is 1. The molecule has 0 aliphatic heterocycles. The van der Waals surface area contributed by atoms with E-state index in [1.807, 2.05) is 25.1 Å². The Labute approximate surface area is 141 Å². The van der Waals surface area contributed by atoms with Gasteiger partial charge in [0, 0.05) is 12.1 Å². The fourth-order valence-electron chi connectivity index (χ4n) is 3.25. The fraction of sp³-hybridized carbons (Fsp3) is 0.300. The molecule has 0 heterocycles. The molecule has 2 aromatic carbocycles. The zero-order valence-electron chi connectivity index (χ0n) is 13.7. The summed E-state index contributed by atoms with van der Waals surface area (Å²) in [5, 5.41) is 11.9. The molecule has 3 rings (SSSR count). The van der Waals surface area contributed by atoms with Crippen molar-refractivity contribution in [2.75, 3.05) is 5.32 Å². The summed E-state index contributed by atoms with van der Waals surface area (Å²) < 4.78 is 0. The number of hydrogen-bond acceptors (Lipinski definition) is 2. The first kappa shape index (κ1) is 16.2. The Kier molecular flexibility index (Phi) is 4.65. The van der Waals surface area contributed by atoms with Gasteiger partial charge in [-0.15, -0.1) is 0 Å². The van der Waals surface area contributed by atoms with Crippen molar-refractivity contribution in [3.63, 3.8) is 0 Å². The molecule has 0 bridgehead atoms. The van der Waals surface area contributed by atoms with E-state index < -0.39 is 5.97 Å². The number of carbonyl (C=O) groups excluding carboxylic acids is 1. The number of rotatable bonds is 5. The number of carbonyl (C=O) groups is 2. The number of benzene rings is 2. The third-order valence-corrected chi connectivity index (χ3v) is 4.74. The van der Waals surface area contributed by atoms with Crippen LogP contribution in [0.1, 0.15) is 46.7 Å². The molecule has 2 N–H and O–H groups in total. The fourth-order valence-corrected chi connectivity index (χ4v) is 3.25. The van der Waals surface area contributed by atoms with Crippen molar-refractivity contribution in [3.05, 3.63) is 65.2 Å². The first-order chi connectivity index (χ1) is 11.5. The van der Waals surface area contributed by atoms with Crippen molar-refractivity contribution in [2.24, 2.45) is 5.92 Å². The highest BCUT2D eigenvalue weighted by Gasteiger charge is 2.31. The van der Waals surface area contributed by atoms with Crippen LogP contribution in [-0.4, -0.2) is 17.0 Å². The second-order valence-corrected chi connectivity index (χ2v) is 6.53. The average molecular weight is 323 g/mol. The Bertz CT molecular complexity index is 749. The summed E-state index contributed by atoms with van der Waals surface area (Å²) >= 11 is 0. The number of carboxylic acids is 1. The van der Waals surface area contributed by atoms with Crippen LogP contribution in [-0.2, 0) is 4.79 Å². The minimum atomic E-state index is -0.991. The second-order valence-electron chi connectivity index (χ2n) is 6.53. The smallest absolute Gasteiger partial charge is 0.335 e. The number of amides is 1. The molecule has 4 heteroatoms. The number of aromatic carboxylic acids is 1. The second kappa shape index (κ2) is 6.87. The molecule has 0 atom stereocenters. The van der Waals surface area contributed by atoms with Gasteiger partial charge in [0.15, 0.2) is 0 Å². The molecule has 0 saturated heterocycles. The minimum Gasteiger partial charge on any atom is -0.478 e. The Morgan fingerprint density at radius 2 is 1.83 bits per heavy atom. The zero-order chi connectivity index (χ0) is 17.1. The Morgan fingerprint density at radius 3 is 2.50 bits per heavy atom. The van der Waals surface area contributed by atoms with Gasteiger partial charge < -0.3 is 10.4 Å². The molecule has 24 heavy (non-hydrogen) atoms. The van der Waals surface area contributed by atoms with E-state index in [1.54, 1.807) is 12.1 Å². The zero-order valence-corrected chi connectivity index (χ0v) is 13.7. The summed E-state index contributed by atoms with van der Waals surface area (Å²) in [6, 6.07) is 15.2. The predicted molar refractivity (Wildman–Crippen MR) is 93.3 cm³/mol. The normalized spacial score (nSPS) is 19.4. The summed E-state index contributed by atoms with van der Waals surface area (Å²) in [7, 11) is 0. The maximum atomic E-state index is 12.2. The molecule has 0 spiro atoms. The van der Waals surface area contributed by atoms with Gasteiger partial charge in [-0.25, -0.2) is 4.79 Å². The van der Waals surface area contributed by atoms with Crippen molar-refractivity contribution in [1.82, 2.24) is 0 Å². The van der Waals surface area contributed by atoms with Gasteiger partial charge in [0.2, 0.25) is 5.91 Å². The number of anilines is 1. The van der Waals surface area contributed by atoms with Crippen molar-refractivity contribution in [3.8, 4) is 0 Å². The molecule has 1 amide bonds. The number of carboxylic acid groups (broad SMARTS) is 1. The summed E-state index contributed by atoms with van der Waals surface area (Å²) in [6.07, 6.45) is 2.55. The number of aryl methyl sites for hydroxylation is 1. The molecule has 1 saturated carbocycles. The first-order valence-corrected chi connectivity index (χ1v) is 8.21. The SMILES string of the molecule is Cc1ccc(C(=O)O)cc1NC(=O)CC1CC(c2ccccc2)C1. The Hall–Kier alpha value is -2.62. The third kappa shape index (κ3) is 3.65. The lowest BCUT2D eigenvalue weighted by Crippen LogP contribution is -2.27. The standard InChI is InChI=1S/C20H21NO3/c1-13-7-8-16(20(23)24)12-18(13)21-19(22)11-14-9-17(10-14)15-5-3-2-4-6-15/h2-8,12,14,17H,9-11H2,1H3,(H,21,22)(H,23,24). The van der Waals surface area contributed by atoms with Crippen LogP contribution in [0.5, 0.6) is 0 Å². The topological polar surface area (TPSA) is 66.4 Å². The Morgan fingerprint density at radius 1 is 1.12 bits per heavy atom. The average Bonchev–Trinajstić information content (AvgIpc) is 2.53. The molecule has 4 nitrogen and oxygen atoms in total. The lowest BCUT2D eigenvalue weighted by molar-refractivity contribution is -0.117. The quantitative estimate of drug-likeness (QED) is 0.866. The molecule has 1 fully saturated rings. The lowest BCUT2D eigenvalue weighted by atomic mass is 9.70. The van der Waals surface area contributed by atoms with Gasteiger partial charge in [-0.3, -0.25) is 4.79 Å². The van der Waals surface area contributed by atoms with Crippen LogP contribution < -0.4 is 5.32 Å². The van der Waals surface area contributed by atoms with Gasteiger partial charge >= 0.3 is 5.97 Å². The summed E-state index contributed by atoms with van der Waals surface area (Å²) in [5.41, 5.74) is 2.98. The monoisotopic (exact) mass is 323 g/mol. The molecular formula is C20H21NO3. The maximum absolute atomic E-state index is 12.2. The van der Waals surface area contributed by atoms with Crippen LogP contribution in [0, 0.1) is 12.8 Å². The molecular weight excluding hydrogens is 302 g/mol. The van der Waals surface area contributed by atoms with E-state index in [4.69, 9.17) is 5.11 Å². The van der Waals surface area contributed by atoms with E-state index in [0.717, 1.165) is 18.4 Å². The molecule has 0 aromatic heterocycles. The maximum Gasteiger partial charge on any atom is 0.335 e.